The Morgan fingerprint density at radius 2 is 1.65 bits per heavy atom. The molecule has 1 aliphatic rings. The van der Waals surface area contributed by atoms with E-state index in [2.05, 4.69) is 29.0 Å². The Balaban J connectivity index is 1.41. The Hall–Kier alpha value is -4.70. The van der Waals surface area contributed by atoms with Gasteiger partial charge in [0.1, 0.15) is 5.70 Å². The van der Waals surface area contributed by atoms with Gasteiger partial charge in [-0.3, -0.25) is 14.5 Å². The van der Waals surface area contributed by atoms with E-state index in [-0.39, 0.29) is 23.1 Å². The third kappa shape index (κ3) is 5.52. The van der Waals surface area contributed by atoms with Crippen LogP contribution in [0.4, 0.5) is 11.4 Å². The maximum Gasteiger partial charge on any atom is 0.307 e. The van der Waals surface area contributed by atoms with Crippen LogP contribution in [-0.4, -0.2) is 41.0 Å². The van der Waals surface area contributed by atoms with Gasteiger partial charge in [0.05, 0.1) is 16.7 Å². The molecule has 0 saturated heterocycles. The lowest BCUT2D eigenvalue weighted by Crippen LogP contribution is -2.39. The highest BCUT2D eigenvalue weighted by Crippen LogP contribution is 2.30. The number of hydrogen-bond acceptors (Lipinski definition) is 8. The van der Waals surface area contributed by atoms with Gasteiger partial charge in [0.2, 0.25) is 11.5 Å². The fourth-order valence-electron chi connectivity index (χ4n) is 4.35. The van der Waals surface area contributed by atoms with Crippen LogP contribution in [-0.2, 0) is 4.79 Å². The summed E-state index contributed by atoms with van der Waals surface area (Å²) >= 11 is 1.07. The van der Waals surface area contributed by atoms with E-state index in [1.807, 2.05) is 48.5 Å². The predicted octanol–water partition coefficient (Wildman–Crippen LogP) is 4.23. The van der Waals surface area contributed by atoms with Crippen LogP contribution in [0.15, 0.2) is 100 Å². The van der Waals surface area contributed by atoms with Gasteiger partial charge in [-0.1, -0.05) is 60.3 Å². The van der Waals surface area contributed by atoms with Crippen LogP contribution in [0.25, 0.3) is 11.8 Å². The van der Waals surface area contributed by atoms with Crippen LogP contribution in [0.2, 0.25) is 0 Å². The number of rotatable bonds is 9. The average Bonchev–Trinajstić information content (AvgIpc) is 3.53. The number of amidine groups is 1. The zero-order chi connectivity index (χ0) is 28.1. The molecule has 0 bridgehead atoms. The SMILES string of the molecule is CCN(CC)c1ccc(/C=C2/N=C(SCC(=O)c3c([O-])on[n+]3-c3ccccc3)N(c3ccccc3)C2=O)cc1. The van der Waals surface area contributed by atoms with E-state index in [1.54, 1.807) is 42.5 Å². The fourth-order valence-corrected chi connectivity index (χ4v) is 5.23. The van der Waals surface area contributed by atoms with Crippen molar-refractivity contribution in [3.05, 3.63) is 102 Å². The second kappa shape index (κ2) is 12.0. The molecule has 9 nitrogen and oxygen atoms in total. The van der Waals surface area contributed by atoms with Crippen molar-refractivity contribution < 1.29 is 23.9 Å². The number of anilines is 2. The van der Waals surface area contributed by atoms with Gasteiger partial charge >= 0.3 is 5.69 Å². The lowest BCUT2D eigenvalue weighted by molar-refractivity contribution is -0.672. The normalized spacial score (nSPS) is 14.1. The molecule has 5 rings (SSSR count). The number of nitrogens with zero attached hydrogens (tertiary/aromatic N) is 5. The summed E-state index contributed by atoms with van der Waals surface area (Å²) in [7, 11) is 0. The number of carbonyl (C=O) groups is 2. The van der Waals surface area contributed by atoms with Crippen LogP contribution in [0.3, 0.4) is 0 Å². The van der Waals surface area contributed by atoms with E-state index in [0.29, 0.717) is 16.5 Å². The second-order valence-corrected chi connectivity index (χ2v) is 9.77. The molecule has 3 aromatic carbocycles. The number of thioether (sulfide) groups is 1. The van der Waals surface area contributed by atoms with E-state index in [0.717, 1.165) is 36.1 Å². The average molecular weight is 554 g/mol. The minimum atomic E-state index is -0.826. The topological polar surface area (TPSA) is 106 Å². The van der Waals surface area contributed by atoms with Gasteiger partial charge in [0.25, 0.3) is 5.91 Å². The summed E-state index contributed by atoms with van der Waals surface area (Å²) in [5, 5.41) is 16.4. The smallest absolute Gasteiger partial charge is 0.307 e. The number of hydrogen-bond donors (Lipinski definition) is 0. The molecule has 0 saturated carbocycles. The van der Waals surface area contributed by atoms with E-state index < -0.39 is 11.7 Å². The molecule has 0 radical (unpaired) electrons. The first kappa shape index (κ1) is 26.9. The van der Waals surface area contributed by atoms with Crippen molar-refractivity contribution in [2.75, 3.05) is 28.6 Å². The highest BCUT2D eigenvalue weighted by atomic mass is 32.2. The first-order valence-electron chi connectivity index (χ1n) is 12.9. The van der Waals surface area contributed by atoms with Crippen molar-refractivity contribution in [2.45, 2.75) is 13.8 Å². The van der Waals surface area contributed by atoms with E-state index in [9.17, 15) is 14.7 Å². The number of aliphatic imine (C=N–C) groups is 1. The molecule has 10 heteroatoms. The number of ketones is 1. The lowest BCUT2D eigenvalue weighted by atomic mass is 10.1. The van der Waals surface area contributed by atoms with Crippen LogP contribution >= 0.6 is 11.8 Å². The highest BCUT2D eigenvalue weighted by molar-refractivity contribution is 8.14. The van der Waals surface area contributed by atoms with Crippen LogP contribution < -0.4 is 19.6 Å². The van der Waals surface area contributed by atoms with Gasteiger partial charge in [0, 0.05) is 30.9 Å². The summed E-state index contributed by atoms with van der Waals surface area (Å²) in [6.45, 7) is 6.02. The Morgan fingerprint density at radius 3 is 2.30 bits per heavy atom. The highest BCUT2D eigenvalue weighted by Gasteiger charge is 2.34. The molecule has 1 amide bonds. The minimum absolute atomic E-state index is 0.148. The molecular formula is C30H27N5O4S. The number of aromatic nitrogens is 2. The van der Waals surface area contributed by atoms with Crippen LogP contribution in [0.5, 0.6) is 5.95 Å². The largest absolute Gasteiger partial charge is 0.539 e. The molecule has 4 aromatic rings. The number of benzene rings is 3. The molecule has 2 heterocycles. The van der Waals surface area contributed by atoms with Crippen molar-refractivity contribution in [1.29, 1.82) is 0 Å². The number of Topliss-reactive ketones (excluding diaryl/α,β-unsaturated/α-hetero) is 1. The van der Waals surface area contributed by atoms with E-state index in [4.69, 9.17) is 4.52 Å². The third-order valence-electron chi connectivity index (χ3n) is 6.38. The standard InChI is InChI=1S/C30H27N5O4S/c1-3-33(4-2)22-17-15-21(16-18-22)19-25-28(37)34(23-11-7-5-8-12-23)30(31-25)40-20-26(36)27-29(38)39-32-35(27)24-13-9-6-10-14-24/h5-19H,3-4,20H2,1-2H3/b25-19+. The van der Waals surface area contributed by atoms with Crippen molar-refractivity contribution in [1.82, 2.24) is 5.27 Å². The fraction of sp³-hybridized carbons (Fsp3) is 0.167. The van der Waals surface area contributed by atoms with Gasteiger partial charge in [-0.25, -0.2) is 4.99 Å². The van der Waals surface area contributed by atoms with E-state index in [1.165, 1.54) is 9.58 Å². The van der Waals surface area contributed by atoms with Crippen molar-refractivity contribution in [3.8, 4) is 11.6 Å². The first-order chi connectivity index (χ1) is 19.5. The van der Waals surface area contributed by atoms with Gasteiger partial charge in [0.15, 0.2) is 11.1 Å². The number of para-hydroxylation sites is 2. The number of carbonyl (C=O) groups excluding carboxylic acids is 2. The van der Waals surface area contributed by atoms with Gasteiger partial charge < -0.3 is 14.5 Å². The monoisotopic (exact) mass is 553 g/mol. The second-order valence-electron chi connectivity index (χ2n) is 8.83. The summed E-state index contributed by atoms with van der Waals surface area (Å²) in [4.78, 5) is 35.0. The van der Waals surface area contributed by atoms with Gasteiger partial charge in [-0.05, 0) is 54.4 Å². The van der Waals surface area contributed by atoms with Crippen molar-refractivity contribution in [3.63, 3.8) is 0 Å². The van der Waals surface area contributed by atoms with Crippen LogP contribution in [0, 0.1) is 0 Å². The predicted molar refractivity (Wildman–Crippen MR) is 154 cm³/mol. The maximum absolute atomic E-state index is 13.5. The molecule has 1 aliphatic heterocycles. The molecule has 0 spiro atoms. The summed E-state index contributed by atoms with van der Waals surface area (Å²) in [5.74, 6) is -1.77. The molecule has 0 aliphatic carbocycles. The van der Waals surface area contributed by atoms with Crippen LogP contribution in [0.1, 0.15) is 29.9 Å². The molecule has 1 aromatic heterocycles. The summed E-state index contributed by atoms with van der Waals surface area (Å²) < 4.78 is 5.98. The third-order valence-corrected chi connectivity index (χ3v) is 7.32. The summed E-state index contributed by atoms with van der Waals surface area (Å²) in [5.41, 5.74) is 3.15. The van der Waals surface area contributed by atoms with Crippen molar-refractivity contribution >= 4 is 46.1 Å². The molecule has 202 valence electrons. The molecule has 0 fully saturated rings. The van der Waals surface area contributed by atoms with Crippen molar-refractivity contribution in [2.24, 2.45) is 4.99 Å². The molecule has 40 heavy (non-hydrogen) atoms. The minimum Gasteiger partial charge on any atom is -0.539 e. The molecular weight excluding hydrogens is 526 g/mol. The number of amides is 1. The molecule has 0 N–H and O–H groups in total. The maximum atomic E-state index is 13.5. The quantitative estimate of drug-likeness (QED) is 0.173. The Labute approximate surface area is 236 Å². The zero-order valence-corrected chi connectivity index (χ0v) is 22.9. The zero-order valence-electron chi connectivity index (χ0n) is 22.1. The molecule has 0 atom stereocenters. The van der Waals surface area contributed by atoms with Gasteiger partial charge in [-0.15, -0.1) is 0 Å². The Morgan fingerprint density at radius 1 is 1.00 bits per heavy atom. The summed E-state index contributed by atoms with van der Waals surface area (Å²) in [6, 6.07) is 25.9. The Kier molecular flexibility index (Phi) is 8.07. The summed E-state index contributed by atoms with van der Waals surface area (Å²) in [6.07, 6.45) is 1.73. The van der Waals surface area contributed by atoms with E-state index >= 15 is 0 Å². The lowest BCUT2D eigenvalue weighted by Gasteiger charge is -2.20. The molecule has 0 unspecified atom stereocenters. The Bertz CT molecular complexity index is 1560. The first-order valence-corrected chi connectivity index (χ1v) is 13.8. The van der Waals surface area contributed by atoms with Gasteiger partial charge in [-0.2, -0.15) is 0 Å².